The molecule has 2 aromatic rings. The molecule has 0 aliphatic heterocycles. The Morgan fingerprint density at radius 3 is 2.71 bits per heavy atom. The molecule has 21 heavy (non-hydrogen) atoms. The number of anilines is 2. The fraction of sp³-hybridized carbons (Fsp3) is 0.353. The second-order valence-corrected chi connectivity index (χ2v) is 5.58. The third kappa shape index (κ3) is 3.96. The van der Waals surface area contributed by atoms with Crippen LogP contribution in [0.15, 0.2) is 36.5 Å². The maximum Gasteiger partial charge on any atom is 0.151 e. The van der Waals surface area contributed by atoms with Gasteiger partial charge in [-0.05, 0) is 43.1 Å². The first-order chi connectivity index (χ1) is 10.1. The highest BCUT2D eigenvalue weighted by Crippen LogP contribution is 2.30. The Morgan fingerprint density at radius 1 is 1.29 bits per heavy atom. The average Bonchev–Trinajstić information content (AvgIpc) is 2.47. The molecule has 0 aliphatic carbocycles. The van der Waals surface area contributed by atoms with Crippen molar-refractivity contribution in [1.29, 1.82) is 0 Å². The van der Waals surface area contributed by atoms with E-state index in [0.717, 1.165) is 36.6 Å². The number of rotatable bonds is 6. The highest BCUT2D eigenvalue weighted by atomic mass is 35.5. The summed E-state index contributed by atoms with van der Waals surface area (Å²) >= 11 is 6.41. The van der Waals surface area contributed by atoms with Crippen LogP contribution in [0.25, 0.3) is 0 Å². The van der Waals surface area contributed by atoms with Crippen molar-refractivity contribution in [3.05, 3.63) is 52.7 Å². The van der Waals surface area contributed by atoms with Crippen molar-refractivity contribution < 1.29 is 0 Å². The zero-order chi connectivity index (χ0) is 15.2. The van der Waals surface area contributed by atoms with Crippen molar-refractivity contribution in [3.63, 3.8) is 0 Å². The van der Waals surface area contributed by atoms with Crippen LogP contribution in [0, 0.1) is 6.92 Å². The summed E-state index contributed by atoms with van der Waals surface area (Å²) in [7, 11) is 1.99. The van der Waals surface area contributed by atoms with Crippen molar-refractivity contribution in [2.24, 2.45) is 0 Å². The summed E-state index contributed by atoms with van der Waals surface area (Å²) in [5.74, 6) is 0.783. The van der Waals surface area contributed by atoms with E-state index in [9.17, 15) is 0 Å². The molecule has 0 saturated carbocycles. The largest absolute Gasteiger partial charge is 0.328 e. The Hall–Kier alpha value is -1.58. The molecular weight excluding hydrogens is 282 g/mol. The number of aromatic nitrogens is 1. The van der Waals surface area contributed by atoms with Crippen molar-refractivity contribution in [3.8, 4) is 0 Å². The number of nitrogens with zero attached hydrogens (tertiary/aromatic N) is 2. The quantitative estimate of drug-likeness (QED) is 0.806. The predicted molar refractivity (Wildman–Crippen MR) is 90.5 cm³/mol. The molecule has 0 bridgehead atoms. The summed E-state index contributed by atoms with van der Waals surface area (Å²) in [4.78, 5) is 6.56. The Balaban J connectivity index is 2.19. The lowest BCUT2D eigenvalue weighted by Crippen LogP contribution is -2.16. The minimum atomic E-state index is 0.677. The van der Waals surface area contributed by atoms with Gasteiger partial charge in [0, 0.05) is 25.5 Å². The SMILES string of the molecule is CCCNCc1cnc(N(C)c2ccccc2C)c(Cl)c1. The van der Waals surface area contributed by atoms with Crippen LogP contribution in [0.3, 0.4) is 0 Å². The molecule has 0 radical (unpaired) electrons. The Kier molecular flexibility index (Phi) is 5.59. The highest BCUT2D eigenvalue weighted by Gasteiger charge is 2.12. The van der Waals surface area contributed by atoms with Crippen LogP contribution in [0.5, 0.6) is 0 Å². The molecule has 4 heteroatoms. The molecule has 1 heterocycles. The van der Waals surface area contributed by atoms with Crippen molar-refractivity contribution in [1.82, 2.24) is 10.3 Å². The zero-order valence-electron chi connectivity index (χ0n) is 12.9. The summed E-state index contributed by atoms with van der Waals surface area (Å²) in [5, 5.41) is 4.03. The third-order valence-electron chi connectivity index (χ3n) is 3.43. The molecule has 2 rings (SSSR count). The van der Waals surface area contributed by atoms with Crippen LogP contribution in [0.4, 0.5) is 11.5 Å². The topological polar surface area (TPSA) is 28.2 Å². The second kappa shape index (κ2) is 7.43. The van der Waals surface area contributed by atoms with Crippen molar-refractivity contribution in [2.75, 3.05) is 18.5 Å². The van der Waals surface area contributed by atoms with Gasteiger partial charge in [0.1, 0.15) is 0 Å². The van der Waals surface area contributed by atoms with Gasteiger partial charge in [-0.2, -0.15) is 0 Å². The second-order valence-electron chi connectivity index (χ2n) is 5.17. The first-order valence-electron chi connectivity index (χ1n) is 7.28. The number of pyridine rings is 1. The van der Waals surface area contributed by atoms with Crippen molar-refractivity contribution in [2.45, 2.75) is 26.8 Å². The Bertz CT molecular complexity index is 598. The molecule has 0 fully saturated rings. The number of aryl methyl sites for hydroxylation is 1. The predicted octanol–water partition coefficient (Wildman–Crippen LogP) is 4.31. The normalized spacial score (nSPS) is 10.7. The van der Waals surface area contributed by atoms with Gasteiger partial charge in [-0.3, -0.25) is 0 Å². The van der Waals surface area contributed by atoms with E-state index in [1.807, 2.05) is 36.3 Å². The third-order valence-corrected chi connectivity index (χ3v) is 3.71. The van der Waals surface area contributed by atoms with E-state index in [1.165, 1.54) is 5.56 Å². The molecule has 0 amide bonds. The molecule has 1 aromatic carbocycles. The Morgan fingerprint density at radius 2 is 2.05 bits per heavy atom. The highest BCUT2D eigenvalue weighted by molar-refractivity contribution is 6.33. The summed E-state index contributed by atoms with van der Waals surface area (Å²) in [6.45, 7) is 6.04. The van der Waals surface area contributed by atoms with Crippen LogP contribution >= 0.6 is 11.6 Å². The van der Waals surface area contributed by atoms with Gasteiger partial charge in [0.2, 0.25) is 0 Å². The fourth-order valence-corrected chi connectivity index (χ4v) is 2.59. The molecule has 0 spiro atoms. The maximum atomic E-state index is 6.41. The molecule has 0 aliphatic rings. The Labute approximate surface area is 132 Å². The lowest BCUT2D eigenvalue weighted by Gasteiger charge is -2.21. The number of benzene rings is 1. The van der Waals surface area contributed by atoms with Gasteiger partial charge in [-0.1, -0.05) is 36.7 Å². The summed E-state index contributed by atoms with van der Waals surface area (Å²) in [6.07, 6.45) is 3.01. The number of nitrogens with one attached hydrogen (secondary N) is 1. The summed E-state index contributed by atoms with van der Waals surface area (Å²) in [5.41, 5.74) is 3.42. The van der Waals surface area contributed by atoms with Crippen LogP contribution in [0.2, 0.25) is 5.02 Å². The maximum absolute atomic E-state index is 6.41. The first kappa shape index (κ1) is 15.8. The van der Waals surface area contributed by atoms with Gasteiger partial charge < -0.3 is 10.2 Å². The molecule has 0 unspecified atom stereocenters. The number of para-hydroxylation sites is 1. The molecule has 0 atom stereocenters. The molecule has 3 nitrogen and oxygen atoms in total. The number of hydrogen-bond donors (Lipinski definition) is 1. The van der Waals surface area contributed by atoms with Gasteiger partial charge in [0.15, 0.2) is 5.82 Å². The minimum Gasteiger partial charge on any atom is -0.328 e. The van der Waals surface area contributed by atoms with Gasteiger partial charge in [0.05, 0.1) is 5.02 Å². The van der Waals surface area contributed by atoms with Gasteiger partial charge in [0.25, 0.3) is 0 Å². The smallest absolute Gasteiger partial charge is 0.151 e. The molecule has 0 saturated heterocycles. The lowest BCUT2D eigenvalue weighted by molar-refractivity contribution is 0.674. The van der Waals surface area contributed by atoms with E-state index in [1.54, 1.807) is 0 Å². The number of hydrogen-bond acceptors (Lipinski definition) is 3. The summed E-state index contributed by atoms with van der Waals surface area (Å²) in [6, 6.07) is 10.2. The molecular formula is C17H22ClN3. The average molecular weight is 304 g/mol. The van der Waals surface area contributed by atoms with E-state index in [0.29, 0.717) is 5.02 Å². The van der Waals surface area contributed by atoms with E-state index in [-0.39, 0.29) is 0 Å². The summed E-state index contributed by atoms with van der Waals surface area (Å²) < 4.78 is 0. The fourth-order valence-electron chi connectivity index (χ4n) is 2.28. The van der Waals surface area contributed by atoms with Gasteiger partial charge >= 0.3 is 0 Å². The lowest BCUT2D eigenvalue weighted by atomic mass is 10.2. The monoisotopic (exact) mass is 303 g/mol. The van der Waals surface area contributed by atoms with E-state index >= 15 is 0 Å². The van der Waals surface area contributed by atoms with Crippen LogP contribution < -0.4 is 10.2 Å². The van der Waals surface area contributed by atoms with Crippen LogP contribution in [-0.4, -0.2) is 18.6 Å². The minimum absolute atomic E-state index is 0.677. The number of halogens is 1. The first-order valence-corrected chi connectivity index (χ1v) is 7.65. The molecule has 112 valence electrons. The molecule has 1 N–H and O–H groups in total. The van der Waals surface area contributed by atoms with Crippen molar-refractivity contribution >= 4 is 23.1 Å². The zero-order valence-corrected chi connectivity index (χ0v) is 13.6. The standard InChI is InChI=1S/C17H22ClN3/c1-4-9-19-11-14-10-15(18)17(20-12-14)21(3)16-8-6-5-7-13(16)2/h5-8,10,12,19H,4,9,11H2,1-3H3. The van der Waals surface area contributed by atoms with Gasteiger partial charge in [-0.25, -0.2) is 4.98 Å². The molecule has 1 aromatic heterocycles. The van der Waals surface area contributed by atoms with Crippen LogP contribution in [-0.2, 0) is 6.54 Å². The van der Waals surface area contributed by atoms with Crippen LogP contribution in [0.1, 0.15) is 24.5 Å². The van der Waals surface area contributed by atoms with Gasteiger partial charge in [-0.15, -0.1) is 0 Å². The van der Waals surface area contributed by atoms with E-state index in [4.69, 9.17) is 11.6 Å². The van der Waals surface area contributed by atoms with E-state index in [2.05, 4.69) is 36.3 Å². The van der Waals surface area contributed by atoms with E-state index < -0.39 is 0 Å².